The lowest BCUT2D eigenvalue weighted by Crippen LogP contribution is -2.52. The molecule has 0 radical (unpaired) electrons. The first-order valence-corrected chi connectivity index (χ1v) is 22.8. The van der Waals surface area contributed by atoms with Crippen LogP contribution < -0.4 is 24.5 Å². The molecule has 2 heterocycles. The number of benzene rings is 5. The van der Waals surface area contributed by atoms with E-state index in [1.807, 2.05) is 115 Å². The third-order valence-electron chi connectivity index (χ3n) is 12.0. The number of nitrogens with zero attached hydrogens (tertiary/aromatic N) is 3. The quantitative estimate of drug-likeness (QED) is 0.0884. The number of anilines is 3. The van der Waals surface area contributed by atoms with Crippen molar-refractivity contribution in [2.24, 2.45) is 5.92 Å². The van der Waals surface area contributed by atoms with Gasteiger partial charge in [0, 0.05) is 35.9 Å². The van der Waals surface area contributed by atoms with E-state index in [1.54, 1.807) is 28.9 Å². The molecule has 0 aromatic heterocycles. The van der Waals surface area contributed by atoms with Crippen LogP contribution in [-0.2, 0) is 37.8 Å². The molecule has 1 saturated heterocycles. The van der Waals surface area contributed by atoms with Crippen LogP contribution in [-0.4, -0.2) is 69.8 Å². The summed E-state index contributed by atoms with van der Waals surface area (Å²) in [5.74, 6) is 0.627. The fourth-order valence-electron chi connectivity index (χ4n) is 9.14. The first-order chi connectivity index (χ1) is 28.0. The van der Waals surface area contributed by atoms with Crippen LogP contribution in [0.15, 0.2) is 127 Å². The first-order valence-electron chi connectivity index (χ1n) is 19.7. The summed E-state index contributed by atoms with van der Waals surface area (Å²) in [5.41, 5.74) is 2.99. The minimum atomic E-state index is -2.56. The predicted molar refractivity (Wildman–Crippen MR) is 228 cm³/mol. The molecule has 7 rings (SSSR count). The van der Waals surface area contributed by atoms with Gasteiger partial charge < -0.3 is 29.1 Å². The fourth-order valence-corrected chi connectivity index (χ4v) is 13.2. The maximum absolute atomic E-state index is 15.5. The summed E-state index contributed by atoms with van der Waals surface area (Å²) in [5, 5.41) is 11.2. The van der Waals surface area contributed by atoms with Crippen molar-refractivity contribution in [3.63, 3.8) is 0 Å². The van der Waals surface area contributed by atoms with E-state index in [0.717, 1.165) is 34.2 Å². The smallest absolute Gasteiger partial charge is 0.264 e. The van der Waals surface area contributed by atoms with Crippen LogP contribution in [0.5, 0.6) is 11.5 Å². The van der Waals surface area contributed by atoms with E-state index in [0.29, 0.717) is 29.2 Å². The highest BCUT2D eigenvalue weighted by molar-refractivity contribution is 6.91. The zero-order valence-corrected chi connectivity index (χ0v) is 34.7. The average molecular weight is 798 g/mol. The summed E-state index contributed by atoms with van der Waals surface area (Å²) in [4.78, 5) is 47.3. The fraction of sp³-hybridized carbons (Fsp3) is 0.298. The second-order valence-electron chi connectivity index (χ2n) is 15.6. The number of rotatable bonds is 15. The summed E-state index contributed by atoms with van der Waals surface area (Å²) >= 11 is 0. The van der Waals surface area contributed by atoms with Crippen LogP contribution in [0.25, 0.3) is 0 Å². The summed E-state index contributed by atoms with van der Waals surface area (Å²) in [6.45, 7) is 7.21. The number of hydrogen-bond donors (Lipinski definition) is 1. The number of aliphatic hydroxyl groups is 1. The van der Waals surface area contributed by atoms with Gasteiger partial charge in [0.1, 0.15) is 11.5 Å². The molecule has 11 heteroatoms. The Kier molecular flexibility index (Phi) is 11.9. The monoisotopic (exact) mass is 797 g/mol. The molecule has 1 spiro atoms. The number of hydrogen-bond acceptors (Lipinski definition) is 7. The van der Waals surface area contributed by atoms with Crippen LogP contribution >= 0.6 is 0 Å². The van der Waals surface area contributed by atoms with Crippen molar-refractivity contribution < 1.29 is 33.7 Å². The van der Waals surface area contributed by atoms with E-state index < -0.39 is 19.8 Å². The second-order valence-corrected chi connectivity index (χ2v) is 20.3. The molecule has 0 saturated carbocycles. The van der Waals surface area contributed by atoms with Crippen LogP contribution in [0.2, 0.25) is 18.6 Å². The molecule has 58 heavy (non-hydrogen) atoms. The molecule has 300 valence electrons. The van der Waals surface area contributed by atoms with Crippen molar-refractivity contribution in [1.29, 1.82) is 0 Å². The molecule has 4 atom stereocenters. The Labute approximate surface area is 341 Å². The Hall–Kier alpha value is -5.75. The van der Waals surface area contributed by atoms with E-state index in [2.05, 4.69) is 32.2 Å². The highest BCUT2D eigenvalue weighted by atomic mass is 28.3. The number of carbonyl (C=O) groups excluding carboxylic acids is 3. The summed E-state index contributed by atoms with van der Waals surface area (Å²) in [6.07, 6.45) is 0.199. The molecular formula is C47H51N3O7Si. The van der Waals surface area contributed by atoms with Crippen molar-refractivity contribution in [3.8, 4) is 11.5 Å². The lowest BCUT2D eigenvalue weighted by molar-refractivity contribution is -0.150. The second kappa shape index (κ2) is 17.0. The van der Waals surface area contributed by atoms with Gasteiger partial charge in [-0.1, -0.05) is 98.0 Å². The predicted octanol–water partition coefficient (Wildman–Crippen LogP) is 7.17. The Morgan fingerprint density at radius 2 is 1.48 bits per heavy atom. The third-order valence-corrected chi connectivity index (χ3v) is 16.4. The molecule has 1 fully saturated rings. The first kappa shape index (κ1) is 40.4. The Balaban J connectivity index is 1.29. The number of para-hydroxylation sites is 1. The van der Waals surface area contributed by atoms with Crippen molar-refractivity contribution >= 4 is 48.5 Å². The van der Waals surface area contributed by atoms with E-state index in [-0.39, 0.29) is 49.4 Å². The molecular weight excluding hydrogens is 747 g/mol. The molecule has 0 bridgehead atoms. The Bertz CT molecular complexity index is 2240. The van der Waals surface area contributed by atoms with Gasteiger partial charge in [0.15, 0.2) is 5.60 Å². The van der Waals surface area contributed by atoms with Crippen LogP contribution in [0, 0.1) is 5.92 Å². The van der Waals surface area contributed by atoms with Crippen molar-refractivity contribution in [1.82, 2.24) is 4.90 Å². The van der Waals surface area contributed by atoms with Gasteiger partial charge in [-0.15, -0.1) is 0 Å². The number of methoxy groups -OCH3 is 2. The molecule has 5 aromatic carbocycles. The Morgan fingerprint density at radius 3 is 2.14 bits per heavy atom. The van der Waals surface area contributed by atoms with Gasteiger partial charge in [-0.3, -0.25) is 19.3 Å². The van der Waals surface area contributed by atoms with Gasteiger partial charge in [0.2, 0.25) is 12.3 Å². The topological polar surface area (TPSA) is 109 Å². The zero-order chi connectivity index (χ0) is 41.0. The van der Waals surface area contributed by atoms with Crippen LogP contribution in [0.1, 0.15) is 30.0 Å². The SMILES string of the molecule is COc1ccc([Si](C)(C)[C@@H]2[C@@H](CC(=O)N(CCO)Cc3ccccc3)O[C@]3(C(=O)N(Cc4cccc(N(C=O)c5ccccc5)c4)c4ccc(OC)cc43)[C@H]2C)cc1. The largest absolute Gasteiger partial charge is 0.497 e. The van der Waals surface area contributed by atoms with Gasteiger partial charge >= 0.3 is 0 Å². The number of fused-ring (bicyclic) bond motifs is 2. The average Bonchev–Trinajstić information content (AvgIpc) is 3.67. The molecule has 10 nitrogen and oxygen atoms in total. The van der Waals surface area contributed by atoms with Crippen molar-refractivity contribution in [2.45, 2.75) is 56.8 Å². The highest BCUT2D eigenvalue weighted by Gasteiger charge is 2.66. The molecule has 0 unspecified atom stereocenters. The normalized spacial score (nSPS) is 19.9. The third kappa shape index (κ3) is 7.53. The summed E-state index contributed by atoms with van der Waals surface area (Å²) < 4.78 is 18.5. The summed E-state index contributed by atoms with van der Waals surface area (Å²) in [6, 6.07) is 40.5. The number of aliphatic hydroxyl groups excluding tert-OH is 1. The Morgan fingerprint density at radius 1 is 0.845 bits per heavy atom. The maximum atomic E-state index is 15.5. The highest BCUT2D eigenvalue weighted by Crippen LogP contribution is 2.60. The zero-order valence-electron chi connectivity index (χ0n) is 33.7. The van der Waals surface area contributed by atoms with Crippen LogP contribution in [0.3, 0.4) is 0 Å². The molecule has 3 amide bonds. The molecule has 2 aliphatic heterocycles. The molecule has 0 aliphatic carbocycles. The maximum Gasteiger partial charge on any atom is 0.264 e. The van der Waals surface area contributed by atoms with Crippen LogP contribution in [0.4, 0.5) is 17.1 Å². The molecule has 1 N–H and O–H groups in total. The van der Waals surface area contributed by atoms with E-state index >= 15 is 4.79 Å². The van der Waals surface area contributed by atoms with Gasteiger partial charge in [0.25, 0.3) is 5.91 Å². The van der Waals surface area contributed by atoms with E-state index in [9.17, 15) is 14.7 Å². The van der Waals surface area contributed by atoms with Crippen molar-refractivity contribution in [3.05, 3.63) is 144 Å². The summed E-state index contributed by atoms with van der Waals surface area (Å²) in [7, 11) is 0.683. The lowest BCUT2D eigenvalue weighted by atomic mass is 9.82. The van der Waals surface area contributed by atoms with Crippen molar-refractivity contribution in [2.75, 3.05) is 37.2 Å². The lowest BCUT2D eigenvalue weighted by Gasteiger charge is -2.37. The minimum Gasteiger partial charge on any atom is -0.497 e. The van der Waals surface area contributed by atoms with E-state index in [1.165, 1.54) is 0 Å². The standard InChI is InChI=1S/C47H51N3O7Si/c1-33-45(58(4,5)40-22-19-38(55-2)20-23-40)43(29-44(53)48(25-26-51)30-34-13-8-6-9-14-34)57-47(33)41-28-39(56-3)21-24-42(41)49(46(47)54)31-35-15-12-18-37(27-35)50(32-52)36-16-10-7-11-17-36/h6-24,27-28,32-33,43,45,51H,25-26,29-31H2,1-5H3/t33-,43+,45-,47+/m0/s1. The molecule has 5 aromatic rings. The number of amides is 3. The van der Waals surface area contributed by atoms with E-state index in [4.69, 9.17) is 14.2 Å². The number of carbonyl (C=O) groups is 3. The van der Waals surface area contributed by atoms with Gasteiger partial charge in [-0.25, -0.2) is 0 Å². The van der Waals surface area contributed by atoms with Gasteiger partial charge in [-0.05, 0) is 71.3 Å². The molecule has 2 aliphatic rings. The van der Waals surface area contributed by atoms with Gasteiger partial charge in [0.05, 0.1) is 53.7 Å². The van der Waals surface area contributed by atoms with Gasteiger partial charge in [-0.2, -0.15) is 0 Å². The minimum absolute atomic E-state index is 0.0335. The number of ether oxygens (including phenoxy) is 3.